The molecule has 0 spiro atoms. The molecule has 1 aliphatic heterocycles. The normalized spacial score (nSPS) is 15.3. The number of hydrazine groups is 4. The Balaban J connectivity index is 2.44. The quantitative estimate of drug-likeness (QED) is 0.167. The van der Waals surface area contributed by atoms with Gasteiger partial charge < -0.3 is 16.9 Å². The second kappa shape index (κ2) is 13.9. The van der Waals surface area contributed by atoms with Gasteiger partial charge in [-0.1, -0.05) is 47.0 Å². The molecule has 2 rings (SSSR count). The van der Waals surface area contributed by atoms with Crippen LogP contribution in [0.5, 0.6) is 0 Å². The maximum atomic E-state index is 6.51. The van der Waals surface area contributed by atoms with Gasteiger partial charge >= 0.3 is 0 Å². The van der Waals surface area contributed by atoms with Crippen molar-refractivity contribution in [1.82, 2.24) is 11.0 Å². The number of benzene rings is 1. The largest absolute Gasteiger partial charge is 0.401 e. The van der Waals surface area contributed by atoms with Crippen molar-refractivity contribution < 1.29 is 0 Å². The number of hydrogen-bond donors (Lipinski definition) is 6. The summed E-state index contributed by atoms with van der Waals surface area (Å²) < 4.78 is 0. The van der Waals surface area contributed by atoms with Crippen LogP contribution in [-0.4, -0.2) is 0 Å². The summed E-state index contributed by atoms with van der Waals surface area (Å²) in [6.45, 7) is 10.7. The lowest BCUT2D eigenvalue weighted by atomic mass is 9.95. The first-order chi connectivity index (χ1) is 16.7. The van der Waals surface area contributed by atoms with E-state index < -0.39 is 0 Å². The molecule has 1 atom stereocenters. The number of nitrogens with two attached hydrogens (primary N) is 4. The Morgan fingerprint density at radius 2 is 1.34 bits per heavy atom. The zero-order valence-corrected chi connectivity index (χ0v) is 22.2. The number of anilines is 3. The SMILES string of the molecule is CCCC(CC)/C(N)=C/N(N)c1cc(N(N)/C=C(\N)C(CCC)CCC)cc(N2C=C(C)NN2)c1. The summed E-state index contributed by atoms with van der Waals surface area (Å²) in [6, 6.07) is 5.90. The van der Waals surface area contributed by atoms with Gasteiger partial charge in [-0.15, -0.1) is 5.53 Å². The highest BCUT2D eigenvalue weighted by Gasteiger charge is 2.17. The molecule has 9 nitrogen and oxygen atoms in total. The van der Waals surface area contributed by atoms with Crippen LogP contribution in [0, 0.1) is 11.8 Å². The highest BCUT2D eigenvalue weighted by Crippen LogP contribution is 2.31. The summed E-state index contributed by atoms with van der Waals surface area (Å²) in [5.74, 6) is 13.6. The van der Waals surface area contributed by atoms with Gasteiger partial charge in [0.25, 0.3) is 0 Å². The van der Waals surface area contributed by atoms with Crippen molar-refractivity contribution in [3.8, 4) is 0 Å². The van der Waals surface area contributed by atoms with Gasteiger partial charge in [-0.05, 0) is 62.6 Å². The molecule has 10 N–H and O–H groups in total. The zero-order chi connectivity index (χ0) is 26.0. The summed E-state index contributed by atoms with van der Waals surface area (Å²) in [4.78, 5) is 0. The van der Waals surface area contributed by atoms with E-state index in [1.807, 2.05) is 48.7 Å². The van der Waals surface area contributed by atoms with E-state index in [2.05, 4.69) is 38.7 Å². The summed E-state index contributed by atoms with van der Waals surface area (Å²) in [7, 11) is 0. The van der Waals surface area contributed by atoms with Gasteiger partial charge in [0.2, 0.25) is 0 Å². The van der Waals surface area contributed by atoms with Crippen LogP contribution in [0.15, 0.2) is 53.9 Å². The molecule has 1 heterocycles. The minimum Gasteiger partial charge on any atom is -0.401 e. The standard InChI is InChI=1S/C26H47N9/c1-6-10-20(9-4)25(27)17-33(29)22-13-23(15-24(14-22)35-16-19(5)31-32-35)34(30)18-26(28)21(11-7-2)12-8-3/h13-18,20-21,31-32H,6-12,27-30H2,1-5H3/b25-17-,26-18-. The first-order valence-corrected chi connectivity index (χ1v) is 12.9. The third-order valence-corrected chi connectivity index (χ3v) is 6.38. The molecule has 9 heteroatoms. The van der Waals surface area contributed by atoms with Crippen LogP contribution in [0.4, 0.5) is 17.1 Å². The van der Waals surface area contributed by atoms with Crippen molar-refractivity contribution in [3.05, 3.63) is 53.9 Å². The molecule has 0 radical (unpaired) electrons. The highest BCUT2D eigenvalue weighted by atomic mass is 15.7. The van der Waals surface area contributed by atoms with E-state index in [1.165, 1.54) is 0 Å². The summed E-state index contributed by atoms with van der Waals surface area (Å²) >= 11 is 0. The van der Waals surface area contributed by atoms with Crippen LogP contribution in [0.25, 0.3) is 0 Å². The van der Waals surface area contributed by atoms with Gasteiger partial charge in [-0.2, -0.15) is 0 Å². The fourth-order valence-corrected chi connectivity index (χ4v) is 4.37. The molecule has 1 aromatic rings. The highest BCUT2D eigenvalue weighted by molar-refractivity contribution is 5.71. The molecule has 0 aromatic heterocycles. The Morgan fingerprint density at radius 1 is 0.857 bits per heavy atom. The molecule has 35 heavy (non-hydrogen) atoms. The van der Waals surface area contributed by atoms with E-state index in [0.29, 0.717) is 11.8 Å². The Morgan fingerprint density at radius 3 is 1.77 bits per heavy atom. The second-order valence-electron chi connectivity index (χ2n) is 9.37. The first kappa shape index (κ1) is 28.4. The molecule has 1 aromatic carbocycles. The van der Waals surface area contributed by atoms with Crippen molar-refractivity contribution >= 4 is 17.1 Å². The third kappa shape index (κ3) is 8.09. The number of rotatable bonds is 14. The molecular weight excluding hydrogens is 438 g/mol. The number of allylic oxidation sites excluding steroid dienone is 3. The zero-order valence-electron chi connectivity index (χ0n) is 22.2. The van der Waals surface area contributed by atoms with Crippen molar-refractivity contribution in [2.24, 2.45) is 35.0 Å². The number of hydrogen-bond acceptors (Lipinski definition) is 9. The molecular formula is C26H47N9. The van der Waals surface area contributed by atoms with Crippen molar-refractivity contribution in [3.63, 3.8) is 0 Å². The van der Waals surface area contributed by atoms with E-state index in [-0.39, 0.29) is 0 Å². The van der Waals surface area contributed by atoms with Crippen molar-refractivity contribution in [1.29, 1.82) is 0 Å². The van der Waals surface area contributed by atoms with Crippen LogP contribution in [0.2, 0.25) is 0 Å². The van der Waals surface area contributed by atoms with Crippen LogP contribution >= 0.6 is 0 Å². The number of nitrogens with zero attached hydrogens (tertiary/aromatic N) is 3. The smallest absolute Gasteiger partial charge is 0.0632 e. The minimum absolute atomic E-state index is 0.298. The Bertz CT molecular complexity index is 887. The van der Waals surface area contributed by atoms with Crippen LogP contribution < -0.4 is 49.1 Å². The fourth-order valence-electron chi connectivity index (χ4n) is 4.37. The predicted molar refractivity (Wildman–Crippen MR) is 149 cm³/mol. The molecule has 0 saturated heterocycles. The molecule has 0 aliphatic carbocycles. The fraction of sp³-hybridized carbons (Fsp3) is 0.538. The van der Waals surface area contributed by atoms with Crippen LogP contribution in [0.3, 0.4) is 0 Å². The second-order valence-corrected chi connectivity index (χ2v) is 9.37. The number of nitrogens with one attached hydrogen (secondary N) is 2. The van der Waals surface area contributed by atoms with E-state index >= 15 is 0 Å². The van der Waals surface area contributed by atoms with Gasteiger partial charge in [0.15, 0.2) is 0 Å². The molecule has 1 aliphatic rings. The van der Waals surface area contributed by atoms with E-state index in [1.54, 1.807) is 10.0 Å². The molecule has 0 fully saturated rings. The summed E-state index contributed by atoms with van der Waals surface area (Å²) in [6.07, 6.45) is 12.9. The van der Waals surface area contributed by atoms with Gasteiger partial charge in [-0.25, -0.2) is 11.7 Å². The molecule has 0 amide bonds. The van der Waals surface area contributed by atoms with E-state index in [4.69, 9.17) is 23.2 Å². The topological polar surface area (TPSA) is 138 Å². The maximum absolute atomic E-state index is 6.51. The minimum atomic E-state index is 0.298. The lowest BCUT2D eigenvalue weighted by Gasteiger charge is -2.25. The lowest BCUT2D eigenvalue weighted by Crippen LogP contribution is -2.36. The average Bonchev–Trinajstić information content (AvgIpc) is 3.28. The molecule has 0 saturated carbocycles. The molecule has 0 bridgehead atoms. The van der Waals surface area contributed by atoms with Gasteiger partial charge in [-0.3, -0.25) is 15.0 Å². The monoisotopic (exact) mass is 485 g/mol. The Kier molecular flexibility index (Phi) is 11.2. The van der Waals surface area contributed by atoms with Crippen LogP contribution in [0.1, 0.15) is 79.6 Å². The van der Waals surface area contributed by atoms with Gasteiger partial charge in [0.1, 0.15) is 0 Å². The average molecular weight is 486 g/mol. The van der Waals surface area contributed by atoms with Crippen molar-refractivity contribution in [2.75, 3.05) is 15.0 Å². The van der Waals surface area contributed by atoms with E-state index in [0.717, 1.165) is 79.1 Å². The Hall–Kier alpha value is -2.88. The lowest BCUT2D eigenvalue weighted by molar-refractivity contribution is 0.498. The molecule has 196 valence electrons. The van der Waals surface area contributed by atoms with Crippen LogP contribution in [-0.2, 0) is 0 Å². The summed E-state index contributed by atoms with van der Waals surface area (Å²) in [5, 5.41) is 5.03. The molecule has 1 unspecified atom stereocenters. The summed E-state index contributed by atoms with van der Waals surface area (Å²) in [5.41, 5.74) is 24.1. The first-order valence-electron chi connectivity index (χ1n) is 12.9. The maximum Gasteiger partial charge on any atom is 0.0632 e. The predicted octanol–water partition coefficient (Wildman–Crippen LogP) is 4.38. The third-order valence-electron chi connectivity index (χ3n) is 6.38. The Labute approximate surface area is 211 Å². The van der Waals surface area contributed by atoms with Gasteiger partial charge in [0.05, 0.1) is 17.1 Å². The van der Waals surface area contributed by atoms with E-state index in [9.17, 15) is 0 Å². The van der Waals surface area contributed by atoms with Crippen molar-refractivity contribution in [2.45, 2.75) is 79.6 Å². The van der Waals surface area contributed by atoms with Gasteiger partial charge in [0, 0.05) is 35.7 Å².